The molecule has 19 heavy (non-hydrogen) atoms. The van der Waals surface area contributed by atoms with Gasteiger partial charge in [-0.25, -0.2) is 13.2 Å². The summed E-state index contributed by atoms with van der Waals surface area (Å²) in [5.74, 6) is -2.06. The van der Waals surface area contributed by atoms with Crippen molar-refractivity contribution in [1.29, 1.82) is 0 Å². The lowest BCUT2D eigenvalue weighted by Gasteiger charge is -2.05. The topological polar surface area (TPSA) is 17.1 Å². The van der Waals surface area contributed by atoms with E-state index in [2.05, 4.69) is 0 Å². The van der Waals surface area contributed by atoms with Gasteiger partial charge in [-0.2, -0.15) is 0 Å². The Balaban J connectivity index is 2.28. The number of Topliss-reactive ketones (excluding diaryl/α,β-unsaturated/α-hetero) is 1. The highest BCUT2D eigenvalue weighted by Gasteiger charge is 2.14. The van der Waals surface area contributed by atoms with Gasteiger partial charge in [-0.1, -0.05) is 0 Å². The first kappa shape index (κ1) is 14.0. The molecule has 98 valence electrons. The van der Waals surface area contributed by atoms with Crippen molar-refractivity contribution in [3.05, 3.63) is 68.5 Å². The lowest BCUT2D eigenvalue weighted by atomic mass is 10.0. The van der Waals surface area contributed by atoms with Gasteiger partial charge in [0.15, 0.2) is 5.78 Å². The summed E-state index contributed by atoms with van der Waals surface area (Å²) in [6.07, 6.45) is -0.259. The standard InChI is InChI=1S/C14H8F3IO/c15-9-2-4-12(17)8(5-9)6-14(19)11-3-1-10(16)7-13(11)18/h1-5,7H,6H2. The average molecular weight is 376 g/mol. The Labute approximate surface area is 121 Å². The fourth-order valence-corrected chi connectivity index (χ4v) is 2.44. The summed E-state index contributed by atoms with van der Waals surface area (Å²) in [6, 6.07) is 6.69. The van der Waals surface area contributed by atoms with Crippen LogP contribution in [0.1, 0.15) is 15.9 Å². The molecule has 0 bridgehead atoms. The van der Waals surface area contributed by atoms with Crippen LogP contribution in [-0.2, 0) is 6.42 Å². The molecule has 5 heteroatoms. The van der Waals surface area contributed by atoms with Crippen molar-refractivity contribution in [2.24, 2.45) is 0 Å². The highest BCUT2D eigenvalue weighted by atomic mass is 127. The molecule has 0 aliphatic rings. The molecule has 0 radical (unpaired) electrons. The zero-order valence-corrected chi connectivity index (χ0v) is 11.7. The number of rotatable bonds is 3. The van der Waals surface area contributed by atoms with Gasteiger partial charge in [0.25, 0.3) is 0 Å². The van der Waals surface area contributed by atoms with E-state index in [1.165, 1.54) is 12.1 Å². The molecule has 0 N–H and O–H groups in total. The third-order valence-corrected chi connectivity index (χ3v) is 3.48. The number of hydrogen-bond donors (Lipinski definition) is 0. The van der Waals surface area contributed by atoms with E-state index >= 15 is 0 Å². The molecule has 0 saturated carbocycles. The maximum absolute atomic E-state index is 13.4. The number of carbonyl (C=O) groups is 1. The monoisotopic (exact) mass is 376 g/mol. The number of ketones is 1. The molecular formula is C14H8F3IO. The van der Waals surface area contributed by atoms with Crippen molar-refractivity contribution in [3.8, 4) is 0 Å². The second kappa shape index (κ2) is 5.73. The zero-order valence-electron chi connectivity index (χ0n) is 9.59. The molecule has 0 amide bonds. The Hall–Kier alpha value is -1.37. The van der Waals surface area contributed by atoms with E-state index < -0.39 is 17.5 Å². The summed E-state index contributed by atoms with van der Waals surface area (Å²) in [4.78, 5) is 12.0. The van der Waals surface area contributed by atoms with Crippen LogP contribution in [0.25, 0.3) is 0 Å². The molecule has 0 unspecified atom stereocenters. The average Bonchev–Trinajstić information content (AvgIpc) is 2.33. The smallest absolute Gasteiger partial charge is 0.168 e. The number of benzene rings is 2. The van der Waals surface area contributed by atoms with E-state index in [-0.39, 0.29) is 17.8 Å². The Morgan fingerprint density at radius 3 is 2.32 bits per heavy atom. The number of hydrogen-bond acceptors (Lipinski definition) is 1. The number of halogens is 4. The molecule has 0 aliphatic carbocycles. The Morgan fingerprint density at radius 1 is 1.00 bits per heavy atom. The minimum Gasteiger partial charge on any atom is -0.294 e. The van der Waals surface area contributed by atoms with Gasteiger partial charge in [0.1, 0.15) is 17.5 Å². The minimum absolute atomic E-state index is 0.00914. The van der Waals surface area contributed by atoms with E-state index in [4.69, 9.17) is 0 Å². The molecule has 0 saturated heterocycles. The van der Waals surface area contributed by atoms with Crippen LogP contribution in [0.5, 0.6) is 0 Å². The summed E-state index contributed by atoms with van der Waals surface area (Å²) < 4.78 is 39.8. The van der Waals surface area contributed by atoms with Crippen LogP contribution in [-0.4, -0.2) is 5.78 Å². The molecule has 2 aromatic rings. The SMILES string of the molecule is O=C(Cc1cc(F)ccc1F)c1ccc(F)cc1I. The normalized spacial score (nSPS) is 10.5. The maximum atomic E-state index is 13.4. The van der Waals surface area contributed by atoms with Gasteiger partial charge in [-0.15, -0.1) is 0 Å². The molecule has 1 nitrogen and oxygen atoms in total. The molecule has 2 rings (SSSR count). The van der Waals surface area contributed by atoms with Gasteiger partial charge in [0.05, 0.1) is 0 Å². The molecule has 0 aliphatic heterocycles. The molecule has 0 fully saturated rings. The van der Waals surface area contributed by atoms with Gasteiger partial charge < -0.3 is 0 Å². The quantitative estimate of drug-likeness (QED) is 0.582. The Kier molecular flexibility index (Phi) is 4.24. The second-order valence-corrected chi connectivity index (χ2v) is 5.12. The van der Waals surface area contributed by atoms with E-state index in [0.717, 1.165) is 24.3 Å². The van der Waals surface area contributed by atoms with Crippen LogP contribution >= 0.6 is 22.6 Å². The van der Waals surface area contributed by atoms with Crippen LogP contribution in [0.3, 0.4) is 0 Å². The molecule has 0 aromatic heterocycles. The van der Waals surface area contributed by atoms with Crippen molar-refractivity contribution in [2.75, 3.05) is 0 Å². The van der Waals surface area contributed by atoms with Gasteiger partial charge in [-0.3, -0.25) is 4.79 Å². The molecule has 0 atom stereocenters. The maximum Gasteiger partial charge on any atom is 0.168 e. The van der Waals surface area contributed by atoms with Crippen molar-refractivity contribution in [1.82, 2.24) is 0 Å². The predicted octanol–water partition coefficient (Wildman–Crippen LogP) is 4.13. The third-order valence-electron chi connectivity index (χ3n) is 2.59. The van der Waals surface area contributed by atoms with Crippen molar-refractivity contribution >= 4 is 28.4 Å². The lowest BCUT2D eigenvalue weighted by molar-refractivity contribution is 0.0991. The highest BCUT2D eigenvalue weighted by molar-refractivity contribution is 14.1. The number of carbonyl (C=O) groups excluding carboxylic acids is 1. The first-order chi connectivity index (χ1) is 8.97. The molecule has 0 spiro atoms. The van der Waals surface area contributed by atoms with Gasteiger partial charge in [0.2, 0.25) is 0 Å². The summed E-state index contributed by atoms with van der Waals surface area (Å²) in [5.41, 5.74) is 0.288. The van der Waals surface area contributed by atoms with E-state index in [1.807, 2.05) is 22.6 Å². The summed E-state index contributed by atoms with van der Waals surface area (Å²) in [5, 5.41) is 0. The van der Waals surface area contributed by atoms with Crippen LogP contribution in [0.15, 0.2) is 36.4 Å². The minimum atomic E-state index is -0.633. The molecule has 0 heterocycles. The van der Waals surface area contributed by atoms with Crippen molar-refractivity contribution in [2.45, 2.75) is 6.42 Å². The summed E-state index contributed by atoms with van der Waals surface area (Å²) in [6.45, 7) is 0. The lowest BCUT2D eigenvalue weighted by Crippen LogP contribution is -2.07. The van der Waals surface area contributed by atoms with Crippen LogP contribution < -0.4 is 0 Å². The van der Waals surface area contributed by atoms with Crippen LogP contribution in [0.2, 0.25) is 0 Å². The second-order valence-electron chi connectivity index (χ2n) is 3.96. The van der Waals surface area contributed by atoms with Gasteiger partial charge in [0, 0.05) is 15.6 Å². The highest BCUT2D eigenvalue weighted by Crippen LogP contribution is 2.18. The Bertz CT molecular complexity index is 641. The molecular weight excluding hydrogens is 368 g/mol. The fraction of sp³-hybridized carbons (Fsp3) is 0.0714. The van der Waals surface area contributed by atoms with Gasteiger partial charge in [-0.05, 0) is 64.6 Å². The largest absolute Gasteiger partial charge is 0.294 e. The van der Waals surface area contributed by atoms with Crippen molar-refractivity contribution in [3.63, 3.8) is 0 Å². The first-order valence-corrected chi connectivity index (χ1v) is 6.47. The van der Waals surface area contributed by atoms with E-state index in [0.29, 0.717) is 9.13 Å². The van der Waals surface area contributed by atoms with Crippen LogP contribution in [0.4, 0.5) is 13.2 Å². The zero-order chi connectivity index (χ0) is 14.0. The van der Waals surface area contributed by atoms with Crippen molar-refractivity contribution < 1.29 is 18.0 Å². The fourth-order valence-electron chi connectivity index (χ4n) is 1.66. The Morgan fingerprint density at radius 2 is 1.63 bits per heavy atom. The summed E-state index contributed by atoms with van der Waals surface area (Å²) in [7, 11) is 0. The molecule has 2 aromatic carbocycles. The van der Waals surface area contributed by atoms with Gasteiger partial charge >= 0.3 is 0 Å². The predicted molar refractivity (Wildman–Crippen MR) is 73.5 cm³/mol. The summed E-state index contributed by atoms with van der Waals surface area (Å²) >= 11 is 1.83. The van der Waals surface area contributed by atoms with E-state index in [9.17, 15) is 18.0 Å². The van der Waals surface area contributed by atoms with Crippen LogP contribution in [0, 0.1) is 21.0 Å². The van der Waals surface area contributed by atoms with E-state index in [1.54, 1.807) is 0 Å². The third kappa shape index (κ3) is 3.34. The first-order valence-electron chi connectivity index (χ1n) is 5.39.